The summed E-state index contributed by atoms with van der Waals surface area (Å²) in [5.74, 6) is 0.852. The largest absolute Gasteiger partial charge is 0.497 e. The number of likely N-dealkylation sites (N-methyl/N-ethyl adjacent to an activating group) is 1. The number of piperazine rings is 1. The summed E-state index contributed by atoms with van der Waals surface area (Å²) in [6.07, 6.45) is 2.08. The molecule has 1 fully saturated rings. The first kappa shape index (κ1) is 16.5. The number of pyridine rings is 1. The monoisotopic (exact) mass is 333 g/mol. The van der Waals surface area contributed by atoms with Crippen LogP contribution in [-0.4, -0.2) is 61.7 Å². The van der Waals surface area contributed by atoms with E-state index in [1.54, 1.807) is 7.11 Å². The predicted octanol–water partition coefficient (Wildman–Crippen LogP) is 3.08. The number of methoxy groups -OCH3 is 1. The van der Waals surface area contributed by atoms with Crippen molar-refractivity contribution in [3.63, 3.8) is 0 Å². The van der Waals surface area contributed by atoms with Crippen molar-refractivity contribution in [2.75, 3.05) is 46.9 Å². The Morgan fingerprint density at radius 1 is 1.17 bits per heavy atom. The second-order valence-corrected chi connectivity index (χ2v) is 6.60. The highest BCUT2D eigenvalue weighted by molar-refractivity contribution is 6.30. The fourth-order valence-corrected chi connectivity index (χ4v) is 3.28. The maximum absolute atomic E-state index is 6.35. The Morgan fingerprint density at radius 2 is 1.96 bits per heavy atom. The fourth-order valence-electron chi connectivity index (χ4n) is 3.04. The minimum atomic E-state index is 0.626. The Hall–Kier alpha value is -1.36. The lowest BCUT2D eigenvalue weighted by Crippen LogP contribution is -2.44. The minimum absolute atomic E-state index is 0.626. The lowest BCUT2D eigenvalue weighted by Gasteiger charge is -2.32. The molecule has 1 aliphatic rings. The van der Waals surface area contributed by atoms with Gasteiger partial charge in [-0.15, -0.1) is 0 Å². The summed E-state index contributed by atoms with van der Waals surface area (Å²) in [5.41, 5.74) is 2.04. The van der Waals surface area contributed by atoms with Crippen LogP contribution in [-0.2, 0) is 6.42 Å². The van der Waals surface area contributed by atoms with E-state index in [1.807, 2.05) is 18.2 Å². The summed E-state index contributed by atoms with van der Waals surface area (Å²) in [6.45, 7) is 5.78. The van der Waals surface area contributed by atoms with E-state index in [0.717, 1.165) is 67.8 Å². The second-order valence-electron chi connectivity index (χ2n) is 6.25. The van der Waals surface area contributed by atoms with Gasteiger partial charge in [0, 0.05) is 31.6 Å². The van der Waals surface area contributed by atoms with Crippen molar-refractivity contribution in [3.8, 4) is 5.75 Å². The topological polar surface area (TPSA) is 28.6 Å². The van der Waals surface area contributed by atoms with Gasteiger partial charge in [-0.05, 0) is 56.3 Å². The van der Waals surface area contributed by atoms with Crippen molar-refractivity contribution < 1.29 is 4.74 Å². The average Bonchev–Trinajstić information content (AvgIpc) is 2.56. The van der Waals surface area contributed by atoms with Crippen LogP contribution in [0.25, 0.3) is 10.9 Å². The molecule has 3 rings (SSSR count). The van der Waals surface area contributed by atoms with Gasteiger partial charge in [0.15, 0.2) is 0 Å². The molecule has 2 aromatic rings. The summed E-state index contributed by atoms with van der Waals surface area (Å²) in [4.78, 5) is 9.43. The zero-order chi connectivity index (χ0) is 16.2. The molecule has 2 heterocycles. The van der Waals surface area contributed by atoms with Crippen molar-refractivity contribution in [3.05, 3.63) is 35.0 Å². The summed E-state index contributed by atoms with van der Waals surface area (Å²) in [5, 5.41) is 1.71. The van der Waals surface area contributed by atoms with E-state index in [9.17, 15) is 0 Å². The van der Waals surface area contributed by atoms with Crippen molar-refractivity contribution in [2.24, 2.45) is 0 Å². The molecule has 0 spiro atoms. The predicted molar refractivity (Wildman–Crippen MR) is 95.6 cm³/mol. The number of rotatable bonds is 5. The molecule has 1 aliphatic heterocycles. The fraction of sp³-hybridized carbons (Fsp3) is 0.500. The lowest BCUT2D eigenvalue weighted by atomic mass is 10.1. The molecule has 0 N–H and O–H groups in total. The summed E-state index contributed by atoms with van der Waals surface area (Å²) in [7, 11) is 3.87. The summed E-state index contributed by atoms with van der Waals surface area (Å²) in [6, 6.07) is 8.03. The smallest absolute Gasteiger partial charge is 0.132 e. The van der Waals surface area contributed by atoms with Crippen LogP contribution in [0.4, 0.5) is 0 Å². The normalized spacial score (nSPS) is 16.8. The van der Waals surface area contributed by atoms with Crippen molar-refractivity contribution in [1.29, 1.82) is 0 Å². The lowest BCUT2D eigenvalue weighted by molar-refractivity contribution is 0.153. The molecule has 0 radical (unpaired) electrons. The quantitative estimate of drug-likeness (QED) is 0.786. The van der Waals surface area contributed by atoms with Crippen LogP contribution in [0, 0.1) is 0 Å². The number of halogens is 1. The standard InChI is InChI=1S/C18H24ClN3O/c1-21-8-10-22(11-9-21)7-3-4-14-12-15-13-16(23-2)5-6-17(15)20-18(14)19/h5-6,12-13H,3-4,7-11H2,1-2H3. The number of benzene rings is 1. The van der Waals surface area contributed by atoms with Crippen LogP contribution < -0.4 is 4.74 Å². The SMILES string of the molecule is COc1ccc2nc(Cl)c(CCCN3CCN(C)CC3)cc2c1. The number of fused-ring (bicyclic) bond motifs is 1. The van der Waals surface area contributed by atoms with Gasteiger partial charge in [-0.2, -0.15) is 0 Å². The van der Waals surface area contributed by atoms with E-state index in [0.29, 0.717) is 5.15 Å². The van der Waals surface area contributed by atoms with Crippen LogP contribution in [0.15, 0.2) is 24.3 Å². The molecule has 4 nitrogen and oxygen atoms in total. The molecule has 0 unspecified atom stereocenters. The first-order chi connectivity index (χ1) is 11.2. The first-order valence-corrected chi connectivity index (χ1v) is 8.57. The highest BCUT2D eigenvalue weighted by Gasteiger charge is 2.13. The molecule has 124 valence electrons. The van der Waals surface area contributed by atoms with E-state index in [1.165, 1.54) is 0 Å². The van der Waals surface area contributed by atoms with E-state index in [2.05, 4.69) is 27.9 Å². The Morgan fingerprint density at radius 3 is 2.70 bits per heavy atom. The van der Waals surface area contributed by atoms with Crippen molar-refractivity contribution >= 4 is 22.5 Å². The van der Waals surface area contributed by atoms with Gasteiger partial charge >= 0.3 is 0 Å². The van der Waals surface area contributed by atoms with Gasteiger partial charge < -0.3 is 14.5 Å². The molecule has 0 bridgehead atoms. The Labute approximate surface area is 143 Å². The molecular weight excluding hydrogens is 310 g/mol. The first-order valence-electron chi connectivity index (χ1n) is 8.20. The number of hydrogen-bond acceptors (Lipinski definition) is 4. The van der Waals surface area contributed by atoms with Crippen LogP contribution in [0.2, 0.25) is 5.15 Å². The minimum Gasteiger partial charge on any atom is -0.497 e. The second kappa shape index (κ2) is 7.47. The summed E-state index contributed by atoms with van der Waals surface area (Å²) >= 11 is 6.35. The molecule has 0 aliphatic carbocycles. The third-order valence-corrected chi connectivity index (χ3v) is 4.89. The van der Waals surface area contributed by atoms with Crippen molar-refractivity contribution in [2.45, 2.75) is 12.8 Å². The van der Waals surface area contributed by atoms with Crippen LogP contribution >= 0.6 is 11.6 Å². The highest BCUT2D eigenvalue weighted by atomic mass is 35.5. The Bertz CT molecular complexity index is 669. The van der Waals surface area contributed by atoms with E-state index < -0.39 is 0 Å². The average molecular weight is 334 g/mol. The Balaban J connectivity index is 1.64. The van der Waals surface area contributed by atoms with Gasteiger partial charge in [0.2, 0.25) is 0 Å². The van der Waals surface area contributed by atoms with Crippen LogP contribution in [0.1, 0.15) is 12.0 Å². The zero-order valence-corrected chi connectivity index (χ0v) is 14.6. The molecular formula is C18H24ClN3O. The van der Waals surface area contributed by atoms with E-state index in [4.69, 9.17) is 16.3 Å². The van der Waals surface area contributed by atoms with Gasteiger partial charge in [0.1, 0.15) is 10.9 Å². The number of nitrogens with zero attached hydrogens (tertiary/aromatic N) is 3. The molecule has 0 atom stereocenters. The number of ether oxygens (including phenoxy) is 1. The van der Waals surface area contributed by atoms with E-state index in [-0.39, 0.29) is 0 Å². The van der Waals surface area contributed by atoms with Gasteiger partial charge in [0.05, 0.1) is 12.6 Å². The molecule has 1 saturated heterocycles. The zero-order valence-electron chi connectivity index (χ0n) is 13.9. The molecule has 1 aromatic carbocycles. The molecule has 5 heteroatoms. The van der Waals surface area contributed by atoms with E-state index >= 15 is 0 Å². The highest BCUT2D eigenvalue weighted by Crippen LogP contribution is 2.25. The number of hydrogen-bond donors (Lipinski definition) is 0. The van der Waals surface area contributed by atoms with Gasteiger partial charge in [-0.3, -0.25) is 0 Å². The van der Waals surface area contributed by atoms with Crippen LogP contribution in [0.5, 0.6) is 5.75 Å². The van der Waals surface area contributed by atoms with Gasteiger partial charge in [0.25, 0.3) is 0 Å². The van der Waals surface area contributed by atoms with Crippen LogP contribution in [0.3, 0.4) is 0 Å². The van der Waals surface area contributed by atoms with Gasteiger partial charge in [-0.1, -0.05) is 11.6 Å². The number of aryl methyl sites for hydroxylation is 1. The maximum Gasteiger partial charge on any atom is 0.132 e. The molecule has 0 amide bonds. The third kappa shape index (κ3) is 4.14. The van der Waals surface area contributed by atoms with Gasteiger partial charge in [-0.25, -0.2) is 4.98 Å². The Kier molecular flexibility index (Phi) is 5.36. The molecule has 1 aromatic heterocycles. The third-order valence-electron chi connectivity index (χ3n) is 4.56. The number of aromatic nitrogens is 1. The molecule has 23 heavy (non-hydrogen) atoms. The summed E-state index contributed by atoms with van der Waals surface area (Å²) < 4.78 is 5.29. The maximum atomic E-state index is 6.35. The van der Waals surface area contributed by atoms with Crippen molar-refractivity contribution in [1.82, 2.24) is 14.8 Å². The molecule has 0 saturated carbocycles.